The number of fused-ring (bicyclic) bond motifs is 1. The van der Waals surface area contributed by atoms with Gasteiger partial charge in [0.2, 0.25) is 0 Å². The summed E-state index contributed by atoms with van der Waals surface area (Å²) in [5.74, 6) is 1.44. The van der Waals surface area contributed by atoms with Crippen molar-refractivity contribution in [3.05, 3.63) is 59.9 Å². The number of carbonyl (C=O) groups excluding carboxylic acids is 1. The zero-order valence-electron chi connectivity index (χ0n) is 15.6. The van der Waals surface area contributed by atoms with Crippen LogP contribution in [0.4, 0.5) is 4.39 Å². The van der Waals surface area contributed by atoms with E-state index in [0.717, 1.165) is 18.7 Å². The molecule has 0 spiro atoms. The smallest absolute Gasteiger partial charge is 0.261 e. The molecule has 2 fully saturated rings. The van der Waals surface area contributed by atoms with E-state index in [-0.39, 0.29) is 36.8 Å². The molecule has 5 nitrogen and oxygen atoms in total. The quantitative estimate of drug-likeness (QED) is 0.829. The number of para-hydroxylation sites is 2. The van der Waals surface area contributed by atoms with Crippen molar-refractivity contribution < 1.29 is 18.7 Å². The van der Waals surface area contributed by atoms with E-state index in [1.54, 1.807) is 25.3 Å². The average molecular weight is 407 g/mol. The Hall–Kier alpha value is -2.31. The van der Waals surface area contributed by atoms with Crippen LogP contribution in [0.1, 0.15) is 11.6 Å². The van der Waals surface area contributed by atoms with Crippen LogP contribution in [0.25, 0.3) is 0 Å². The van der Waals surface area contributed by atoms with Crippen LogP contribution >= 0.6 is 12.4 Å². The zero-order valence-corrected chi connectivity index (χ0v) is 16.5. The normalized spacial score (nSPS) is 23.1. The van der Waals surface area contributed by atoms with Gasteiger partial charge in [-0.1, -0.05) is 24.3 Å². The predicted molar refractivity (Wildman–Crippen MR) is 106 cm³/mol. The van der Waals surface area contributed by atoms with Crippen LogP contribution in [0.15, 0.2) is 48.5 Å². The maximum absolute atomic E-state index is 13.8. The van der Waals surface area contributed by atoms with Gasteiger partial charge < -0.3 is 19.7 Å². The van der Waals surface area contributed by atoms with Crippen molar-refractivity contribution in [2.24, 2.45) is 11.8 Å². The molecule has 0 saturated carbocycles. The molecule has 2 heterocycles. The number of halogens is 2. The molecule has 7 heteroatoms. The van der Waals surface area contributed by atoms with Crippen LogP contribution in [-0.2, 0) is 4.79 Å². The molecule has 0 unspecified atom stereocenters. The Morgan fingerprint density at radius 2 is 1.96 bits per heavy atom. The lowest BCUT2D eigenvalue weighted by atomic mass is 9.89. The van der Waals surface area contributed by atoms with Crippen LogP contribution in [0, 0.1) is 17.7 Å². The minimum absolute atomic E-state index is 0. The van der Waals surface area contributed by atoms with E-state index in [0.29, 0.717) is 29.9 Å². The van der Waals surface area contributed by atoms with Crippen molar-refractivity contribution in [2.45, 2.75) is 6.04 Å². The Kier molecular flexibility index (Phi) is 6.42. The number of methoxy groups -OCH3 is 1. The summed E-state index contributed by atoms with van der Waals surface area (Å²) < 4.78 is 24.8. The molecule has 150 valence electrons. The first-order chi connectivity index (χ1) is 13.2. The minimum Gasteiger partial charge on any atom is -0.493 e. The fourth-order valence-corrected chi connectivity index (χ4v) is 4.26. The summed E-state index contributed by atoms with van der Waals surface area (Å²) in [6.07, 6.45) is 0. The molecule has 0 aromatic heterocycles. The van der Waals surface area contributed by atoms with E-state index >= 15 is 0 Å². The molecule has 0 bridgehead atoms. The summed E-state index contributed by atoms with van der Waals surface area (Å²) in [5, 5.41) is 3.39. The number of nitrogens with zero attached hydrogens (tertiary/aromatic N) is 1. The van der Waals surface area contributed by atoms with E-state index in [1.807, 2.05) is 23.1 Å². The number of nitrogens with one attached hydrogen (secondary N) is 1. The number of carbonyl (C=O) groups is 1. The van der Waals surface area contributed by atoms with Gasteiger partial charge in [0, 0.05) is 25.6 Å². The van der Waals surface area contributed by atoms with Gasteiger partial charge in [0.25, 0.3) is 5.91 Å². The lowest BCUT2D eigenvalue weighted by molar-refractivity contribution is -0.134. The Morgan fingerprint density at radius 1 is 1.18 bits per heavy atom. The van der Waals surface area contributed by atoms with Crippen molar-refractivity contribution in [3.63, 3.8) is 0 Å². The van der Waals surface area contributed by atoms with E-state index in [4.69, 9.17) is 9.47 Å². The molecule has 2 aliphatic heterocycles. The van der Waals surface area contributed by atoms with Crippen molar-refractivity contribution in [1.82, 2.24) is 10.2 Å². The number of hydrogen-bond donors (Lipinski definition) is 1. The molecule has 2 aromatic carbocycles. The highest BCUT2D eigenvalue weighted by molar-refractivity contribution is 5.85. The number of benzene rings is 2. The second-order valence-corrected chi connectivity index (χ2v) is 7.07. The molecule has 28 heavy (non-hydrogen) atoms. The van der Waals surface area contributed by atoms with E-state index in [2.05, 4.69) is 5.32 Å². The fraction of sp³-hybridized carbons (Fsp3) is 0.381. The van der Waals surface area contributed by atoms with Crippen LogP contribution in [0.2, 0.25) is 0 Å². The summed E-state index contributed by atoms with van der Waals surface area (Å²) in [5.41, 5.74) is 0.844. The predicted octanol–water partition coefficient (Wildman–Crippen LogP) is 3.05. The number of hydrogen-bond acceptors (Lipinski definition) is 4. The Morgan fingerprint density at radius 3 is 2.71 bits per heavy atom. The number of likely N-dealkylation sites (tertiary alicyclic amines) is 1. The topological polar surface area (TPSA) is 50.8 Å². The Labute approximate surface area is 170 Å². The van der Waals surface area contributed by atoms with Crippen LogP contribution in [-0.4, -0.2) is 44.2 Å². The molecule has 1 N–H and O–H groups in total. The van der Waals surface area contributed by atoms with Crippen LogP contribution < -0.4 is 14.8 Å². The molecule has 0 radical (unpaired) electrons. The number of rotatable bonds is 5. The van der Waals surface area contributed by atoms with Crippen LogP contribution in [0.5, 0.6) is 11.5 Å². The molecule has 2 saturated heterocycles. The first-order valence-corrected chi connectivity index (χ1v) is 9.19. The second-order valence-electron chi connectivity index (χ2n) is 7.07. The highest BCUT2D eigenvalue weighted by Crippen LogP contribution is 2.42. The zero-order chi connectivity index (χ0) is 18.8. The summed E-state index contributed by atoms with van der Waals surface area (Å²) in [4.78, 5) is 14.8. The van der Waals surface area contributed by atoms with Crippen molar-refractivity contribution in [2.75, 3.05) is 33.4 Å². The molecule has 0 aliphatic carbocycles. The monoisotopic (exact) mass is 406 g/mol. The van der Waals surface area contributed by atoms with E-state index in [9.17, 15) is 9.18 Å². The number of ether oxygens (including phenoxy) is 2. The van der Waals surface area contributed by atoms with Gasteiger partial charge in [-0.25, -0.2) is 4.39 Å². The molecule has 2 aromatic rings. The minimum atomic E-state index is -0.278. The average Bonchev–Trinajstić information content (AvgIpc) is 3.27. The van der Waals surface area contributed by atoms with Gasteiger partial charge in [-0.3, -0.25) is 4.79 Å². The van der Waals surface area contributed by atoms with Crippen molar-refractivity contribution in [3.8, 4) is 11.5 Å². The molecule has 3 atom stereocenters. The molecular formula is C21H24ClFN2O3. The highest BCUT2D eigenvalue weighted by Gasteiger charge is 2.46. The van der Waals surface area contributed by atoms with Gasteiger partial charge >= 0.3 is 0 Å². The lowest BCUT2D eigenvalue weighted by Crippen LogP contribution is -2.37. The molecule has 4 rings (SSSR count). The SMILES string of the molecule is COc1ccccc1OCC(=O)N1C[C@@H]2CNC[C@@H]2[C@H]1c1cccc(F)c1.Cl. The third kappa shape index (κ3) is 3.93. The van der Waals surface area contributed by atoms with Crippen LogP contribution in [0.3, 0.4) is 0 Å². The van der Waals surface area contributed by atoms with Gasteiger partial charge in [-0.05, 0) is 35.7 Å². The third-order valence-electron chi connectivity index (χ3n) is 5.50. The van der Waals surface area contributed by atoms with E-state index in [1.165, 1.54) is 12.1 Å². The lowest BCUT2D eigenvalue weighted by Gasteiger charge is -2.28. The second kappa shape index (κ2) is 8.80. The summed E-state index contributed by atoms with van der Waals surface area (Å²) in [6, 6.07) is 13.7. The maximum atomic E-state index is 13.8. The third-order valence-corrected chi connectivity index (χ3v) is 5.50. The van der Waals surface area contributed by atoms with Gasteiger partial charge in [0.1, 0.15) is 5.82 Å². The number of amides is 1. The van der Waals surface area contributed by atoms with Gasteiger partial charge in [0.15, 0.2) is 18.1 Å². The standard InChI is InChI=1S/C21H23FN2O3.ClH/c1-26-18-7-2-3-8-19(18)27-13-20(25)24-12-15-10-23-11-17(15)21(24)14-5-4-6-16(22)9-14;/h2-9,15,17,21,23H,10-13H2,1H3;1H/t15-,17-,21+;/m0./s1. The largest absolute Gasteiger partial charge is 0.493 e. The summed E-state index contributed by atoms with van der Waals surface area (Å²) in [7, 11) is 1.57. The molecular weight excluding hydrogens is 383 g/mol. The van der Waals surface area contributed by atoms with Gasteiger partial charge in [-0.15, -0.1) is 12.4 Å². The Bertz CT molecular complexity index is 835. The van der Waals surface area contributed by atoms with Gasteiger partial charge in [0.05, 0.1) is 13.2 Å². The molecule has 1 amide bonds. The van der Waals surface area contributed by atoms with Crippen molar-refractivity contribution >= 4 is 18.3 Å². The molecule has 2 aliphatic rings. The fourth-order valence-electron chi connectivity index (χ4n) is 4.26. The Balaban J connectivity index is 0.00000225. The first kappa shape index (κ1) is 20.4. The summed E-state index contributed by atoms with van der Waals surface area (Å²) in [6.45, 7) is 2.31. The van der Waals surface area contributed by atoms with E-state index < -0.39 is 0 Å². The summed E-state index contributed by atoms with van der Waals surface area (Å²) >= 11 is 0. The van der Waals surface area contributed by atoms with Gasteiger partial charge in [-0.2, -0.15) is 0 Å². The highest BCUT2D eigenvalue weighted by atomic mass is 35.5. The van der Waals surface area contributed by atoms with Crippen molar-refractivity contribution in [1.29, 1.82) is 0 Å². The first-order valence-electron chi connectivity index (χ1n) is 9.19. The maximum Gasteiger partial charge on any atom is 0.261 e.